The third kappa shape index (κ3) is 3.44. The largest absolute Gasteiger partial charge is 0.460 e. The maximum atomic E-state index is 11.9. The van der Waals surface area contributed by atoms with Crippen LogP contribution in [0.25, 0.3) is 0 Å². The summed E-state index contributed by atoms with van der Waals surface area (Å²) < 4.78 is 5.32. The fourth-order valence-corrected chi connectivity index (χ4v) is 2.28. The van der Waals surface area contributed by atoms with Crippen LogP contribution in [0, 0.1) is 17.8 Å². The molecule has 0 bridgehead atoms. The first-order valence-corrected chi connectivity index (χ1v) is 6.50. The molecule has 0 aromatic heterocycles. The van der Waals surface area contributed by atoms with E-state index in [2.05, 4.69) is 13.8 Å². The zero-order chi connectivity index (χ0) is 13.4. The van der Waals surface area contributed by atoms with Crippen molar-refractivity contribution in [2.45, 2.75) is 65.6 Å². The Kier molecular flexibility index (Phi) is 3.92. The molecule has 0 amide bonds. The third-order valence-corrected chi connectivity index (χ3v) is 3.74. The number of carbonyl (C=O) groups is 1. The van der Waals surface area contributed by atoms with Gasteiger partial charge in [0.15, 0.2) is 0 Å². The molecule has 0 aromatic rings. The second-order valence-electron chi connectivity index (χ2n) is 6.77. The van der Waals surface area contributed by atoms with Crippen molar-refractivity contribution in [3.63, 3.8) is 0 Å². The molecule has 1 atom stereocenters. The molecular formula is C14H26O3. The van der Waals surface area contributed by atoms with Crippen LogP contribution in [0.3, 0.4) is 0 Å². The molecule has 0 saturated heterocycles. The second kappa shape index (κ2) is 4.60. The Morgan fingerprint density at radius 3 is 2.12 bits per heavy atom. The average Bonchev–Trinajstić information content (AvgIpc) is 2.08. The van der Waals surface area contributed by atoms with Crippen LogP contribution in [0.15, 0.2) is 0 Å². The lowest BCUT2D eigenvalue weighted by atomic mass is 9.61. The number of hydrogen-bond donors (Lipinski definition) is 1. The van der Waals surface area contributed by atoms with Gasteiger partial charge in [-0.1, -0.05) is 13.8 Å². The van der Waals surface area contributed by atoms with Crippen LogP contribution in [0.4, 0.5) is 0 Å². The molecule has 1 N–H and O–H groups in total. The molecule has 1 rings (SSSR count). The van der Waals surface area contributed by atoms with Crippen LogP contribution >= 0.6 is 0 Å². The number of aliphatic hydroxyl groups is 1. The van der Waals surface area contributed by atoms with Gasteiger partial charge in [-0.2, -0.15) is 0 Å². The highest BCUT2D eigenvalue weighted by Crippen LogP contribution is 2.46. The number of carbonyl (C=O) groups excluding carboxylic acids is 1. The van der Waals surface area contributed by atoms with Gasteiger partial charge < -0.3 is 9.84 Å². The van der Waals surface area contributed by atoms with Crippen LogP contribution in [-0.2, 0) is 9.53 Å². The van der Waals surface area contributed by atoms with Gasteiger partial charge in [0.25, 0.3) is 0 Å². The first-order valence-electron chi connectivity index (χ1n) is 6.50. The van der Waals surface area contributed by atoms with Gasteiger partial charge >= 0.3 is 5.97 Å². The fourth-order valence-electron chi connectivity index (χ4n) is 2.28. The Morgan fingerprint density at radius 1 is 1.29 bits per heavy atom. The second-order valence-corrected chi connectivity index (χ2v) is 6.77. The van der Waals surface area contributed by atoms with E-state index in [4.69, 9.17) is 4.74 Å². The highest BCUT2D eigenvalue weighted by Gasteiger charge is 2.50. The van der Waals surface area contributed by atoms with Gasteiger partial charge in [-0.3, -0.25) is 4.79 Å². The number of ether oxygens (including phenoxy) is 1. The molecule has 0 heterocycles. The Bertz CT molecular complexity index is 282. The summed E-state index contributed by atoms with van der Waals surface area (Å²) in [7, 11) is 0. The van der Waals surface area contributed by atoms with Crippen LogP contribution in [0.5, 0.6) is 0 Å². The van der Waals surface area contributed by atoms with E-state index in [-0.39, 0.29) is 5.97 Å². The third-order valence-electron chi connectivity index (χ3n) is 3.74. The number of esters is 1. The Balaban J connectivity index is 2.54. The predicted octanol–water partition coefficient (Wildman–Crippen LogP) is 2.76. The van der Waals surface area contributed by atoms with E-state index in [1.165, 1.54) is 0 Å². The molecule has 1 fully saturated rings. The molecule has 0 radical (unpaired) electrons. The first-order chi connectivity index (χ1) is 7.55. The van der Waals surface area contributed by atoms with E-state index in [9.17, 15) is 9.90 Å². The monoisotopic (exact) mass is 242 g/mol. The van der Waals surface area contributed by atoms with Crippen LogP contribution < -0.4 is 0 Å². The smallest absolute Gasteiger partial charge is 0.312 e. The normalized spacial score (nSPS) is 30.9. The number of rotatable bonds is 3. The van der Waals surface area contributed by atoms with E-state index >= 15 is 0 Å². The Morgan fingerprint density at radius 2 is 1.76 bits per heavy atom. The van der Waals surface area contributed by atoms with Crippen molar-refractivity contribution < 1.29 is 14.6 Å². The van der Waals surface area contributed by atoms with Crippen molar-refractivity contribution in [2.75, 3.05) is 0 Å². The summed E-state index contributed by atoms with van der Waals surface area (Å²) in [6.45, 7) is 11.6. The van der Waals surface area contributed by atoms with Gasteiger partial charge in [0, 0.05) is 0 Å². The molecule has 17 heavy (non-hydrogen) atoms. The van der Waals surface area contributed by atoms with E-state index in [0.717, 1.165) is 0 Å². The summed E-state index contributed by atoms with van der Waals surface area (Å²) in [5.74, 6) is 0.380. The Labute approximate surface area is 105 Å². The van der Waals surface area contributed by atoms with Crippen LogP contribution in [0.1, 0.15) is 54.4 Å². The van der Waals surface area contributed by atoms with Gasteiger partial charge in [0.2, 0.25) is 0 Å². The van der Waals surface area contributed by atoms with E-state index < -0.39 is 17.1 Å². The molecule has 100 valence electrons. The SMILES string of the molecule is CC(C)C1CC(O)(C(C)C(=O)OC(C)(C)C)C1. The highest BCUT2D eigenvalue weighted by molar-refractivity contribution is 5.74. The van der Waals surface area contributed by atoms with Gasteiger partial charge in [-0.25, -0.2) is 0 Å². The molecule has 0 aromatic carbocycles. The standard InChI is InChI=1S/C14H26O3/c1-9(2)11-7-14(16,8-11)10(3)12(15)17-13(4,5)6/h9-11,16H,7-8H2,1-6H3. The van der Waals surface area contributed by atoms with Crippen molar-refractivity contribution in [3.05, 3.63) is 0 Å². The molecule has 3 nitrogen and oxygen atoms in total. The van der Waals surface area contributed by atoms with Crippen molar-refractivity contribution in [2.24, 2.45) is 17.8 Å². The highest BCUT2D eigenvalue weighted by atomic mass is 16.6. The van der Waals surface area contributed by atoms with Crippen molar-refractivity contribution in [1.82, 2.24) is 0 Å². The average molecular weight is 242 g/mol. The molecule has 3 heteroatoms. The van der Waals surface area contributed by atoms with Crippen LogP contribution in [0.2, 0.25) is 0 Å². The summed E-state index contributed by atoms with van der Waals surface area (Å²) in [6, 6.07) is 0. The summed E-state index contributed by atoms with van der Waals surface area (Å²) in [6.07, 6.45) is 1.43. The Hall–Kier alpha value is -0.570. The molecular weight excluding hydrogens is 216 g/mol. The molecule has 1 aliphatic carbocycles. The van der Waals surface area contributed by atoms with Gasteiger partial charge in [-0.05, 0) is 52.4 Å². The van der Waals surface area contributed by atoms with Crippen molar-refractivity contribution in [3.8, 4) is 0 Å². The zero-order valence-electron chi connectivity index (χ0n) is 11.9. The molecule has 1 aliphatic rings. The molecule has 1 unspecified atom stereocenters. The zero-order valence-corrected chi connectivity index (χ0v) is 11.9. The topological polar surface area (TPSA) is 46.5 Å². The van der Waals surface area contributed by atoms with E-state index in [1.807, 2.05) is 20.8 Å². The minimum atomic E-state index is -0.850. The van der Waals surface area contributed by atoms with Crippen molar-refractivity contribution in [1.29, 1.82) is 0 Å². The summed E-state index contributed by atoms with van der Waals surface area (Å²) in [4.78, 5) is 11.9. The lowest BCUT2D eigenvalue weighted by Crippen LogP contribution is -2.53. The summed E-state index contributed by atoms with van der Waals surface area (Å²) in [5.41, 5.74) is -1.33. The predicted molar refractivity (Wildman–Crippen MR) is 67.5 cm³/mol. The maximum absolute atomic E-state index is 11.9. The fraction of sp³-hybridized carbons (Fsp3) is 0.929. The maximum Gasteiger partial charge on any atom is 0.312 e. The molecule has 0 spiro atoms. The lowest BCUT2D eigenvalue weighted by molar-refractivity contribution is -0.182. The van der Waals surface area contributed by atoms with E-state index in [0.29, 0.717) is 24.7 Å². The quantitative estimate of drug-likeness (QED) is 0.774. The lowest BCUT2D eigenvalue weighted by Gasteiger charge is -2.48. The van der Waals surface area contributed by atoms with Gasteiger partial charge in [0.05, 0.1) is 11.5 Å². The van der Waals surface area contributed by atoms with Crippen molar-refractivity contribution >= 4 is 5.97 Å². The molecule has 0 aliphatic heterocycles. The van der Waals surface area contributed by atoms with Crippen LogP contribution in [-0.4, -0.2) is 22.3 Å². The minimum Gasteiger partial charge on any atom is -0.460 e. The first kappa shape index (κ1) is 14.5. The van der Waals surface area contributed by atoms with E-state index in [1.54, 1.807) is 6.92 Å². The summed E-state index contributed by atoms with van der Waals surface area (Å²) >= 11 is 0. The van der Waals surface area contributed by atoms with Gasteiger partial charge in [0.1, 0.15) is 5.60 Å². The van der Waals surface area contributed by atoms with Gasteiger partial charge in [-0.15, -0.1) is 0 Å². The summed E-state index contributed by atoms with van der Waals surface area (Å²) in [5, 5.41) is 10.4. The minimum absolute atomic E-state index is 0.290. The number of hydrogen-bond acceptors (Lipinski definition) is 3. The molecule has 1 saturated carbocycles.